The lowest BCUT2D eigenvalue weighted by molar-refractivity contribution is -0.124. The molecule has 1 aromatic carbocycles. The van der Waals surface area contributed by atoms with E-state index in [2.05, 4.69) is 37.3 Å². The number of hydrogen-bond donors (Lipinski definition) is 0. The van der Waals surface area contributed by atoms with Gasteiger partial charge in [0.1, 0.15) is 5.78 Å². The van der Waals surface area contributed by atoms with Crippen molar-refractivity contribution in [3.05, 3.63) is 35.9 Å². The van der Waals surface area contributed by atoms with E-state index in [9.17, 15) is 4.79 Å². The highest BCUT2D eigenvalue weighted by Crippen LogP contribution is 2.28. The van der Waals surface area contributed by atoms with Crippen molar-refractivity contribution in [2.24, 2.45) is 11.8 Å². The van der Waals surface area contributed by atoms with Gasteiger partial charge in [-0.1, -0.05) is 50.1 Å². The highest BCUT2D eigenvalue weighted by atomic mass is 16.1. The van der Waals surface area contributed by atoms with Crippen LogP contribution in [-0.4, -0.2) is 5.78 Å². The van der Waals surface area contributed by atoms with E-state index in [1.54, 1.807) is 0 Å². The third kappa shape index (κ3) is 3.69. The minimum Gasteiger partial charge on any atom is -0.299 e. The summed E-state index contributed by atoms with van der Waals surface area (Å²) in [5.74, 6) is 1.39. The van der Waals surface area contributed by atoms with Gasteiger partial charge in [-0.25, -0.2) is 0 Å². The fraction of sp³-hybridized carbons (Fsp3) is 0.588. The molecule has 1 fully saturated rings. The first-order valence-corrected chi connectivity index (χ1v) is 7.34. The minimum absolute atomic E-state index is 0.330. The first kappa shape index (κ1) is 13.3. The van der Waals surface area contributed by atoms with Gasteiger partial charge in [-0.05, 0) is 37.2 Å². The molecule has 2 atom stereocenters. The molecule has 1 aliphatic carbocycles. The number of Topliss-reactive ketones (excluding diaryl/α,β-unsaturated/α-hetero) is 1. The second-order valence-corrected chi connectivity index (χ2v) is 5.67. The molecule has 0 radical (unpaired) electrons. The molecule has 2 rings (SSSR count). The Bertz CT molecular complexity index is 368. The number of ketones is 1. The highest BCUT2D eigenvalue weighted by Gasteiger charge is 2.25. The third-order valence-corrected chi connectivity index (χ3v) is 4.27. The largest absolute Gasteiger partial charge is 0.299 e. The molecule has 1 heteroatoms. The number of benzene rings is 1. The van der Waals surface area contributed by atoms with Crippen molar-refractivity contribution < 1.29 is 4.79 Å². The molecule has 0 spiro atoms. The average Bonchev–Trinajstić information content (AvgIpc) is 2.62. The van der Waals surface area contributed by atoms with Gasteiger partial charge in [0.15, 0.2) is 0 Å². The van der Waals surface area contributed by atoms with Crippen LogP contribution in [0.4, 0.5) is 0 Å². The van der Waals surface area contributed by atoms with E-state index in [1.807, 2.05) is 0 Å². The molecule has 0 aliphatic heterocycles. The normalized spacial score (nSPS) is 22.5. The van der Waals surface area contributed by atoms with Crippen molar-refractivity contribution in [2.45, 2.75) is 51.9 Å². The Morgan fingerprint density at radius 1 is 1.17 bits per heavy atom. The maximum Gasteiger partial charge on any atom is 0.136 e. The summed E-state index contributed by atoms with van der Waals surface area (Å²) in [5.41, 5.74) is 1.39. The second kappa shape index (κ2) is 6.72. The zero-order chi connectivity index (χ0) is 12.8. The minimum atomic E-state index is 0.330. The van der Waals surface area contributed by atoms with Crippen molar-refractivity contribution in [3.63, 3.8) is 0 Å². The van der Waals surface area contributed by atoms with E-state index in [-0.39, 0.29) is 0 Å². The maximum absolute atomic E-state index is 12.1. The van der Waals surface area contributed by atoms with Gasteiger partial charge >= 0.3 is 0 Å². The lowest BCUT2D eigenvalue weighted by atomic mass is 9.83. The van der Waals surface area contributed by atoms with E-state index in [4.69, 9.17) is 0 Å². The maximum atomic E-state index is 12.1. The third-order valence-electron chi connectivity index (χ3n) is 4.27. The van der Waals surface area contributed by atoms with Crippen molar-refractivity contribution in [2.75, 3.05) is 0 Å². The molecule has 0 unspecified atom stereocenters. The Morgan fingerprint density at radius 3 is 2.72 bits per heavy atom. The van der Waals surface area contributed by atoms with Gasteiger partial charge in [-0.15, -0.1) is 0 Å². The SMILES string of the molecule is C[C@@H](CCc1ccccc1)[C@H]1CCCCCC1=O. The Hall–Kier alpha value is -1.11. The van der Waals surface area contributed by atoms with Crippen LogP contribution in [0.3, 0.4) is 0 Å². The number of rotatable bonds is 4. The Kier molecular flexibility index (Phi) is 4.98. The van der Waals surface area contributed by atoms with Crippen LogP contribution in [0.5, 0.6) is 0 Å². The smallest absolute Gasteiger partial charge is 0.136 e. The van der Waals surface area contributed by atoms with E-state index in [0.717, 1.165) is 32.1 Å². The highest BCUT2D eigenvalue weighted by molar-refractivity contribution is 5.81. The van der Waals surface area contributed by atoms with Gasteiger partial charge in [0.25, 0.3) is 0 Å². The van der Waals surface area contributed by atoms with Crippen molar-refractivity contribution in [1.29, 1.82) is 0 Å². The lowest BCUT2D eigenvalue weighted by Crippen LogP contribution is -2.21. The summed E-state index contributed by atoms with van der Waals surface area (Å²) in [6.45, 7) is 2.26. The molecular weight excluding hydrogens is 220 g/mol. The van der Waals surface area contributed by atoms with Crippen molar-refractivity contribution >= 4 is 5.78 Å². The van der Waals surface area contributed by atoms with Gasteiger partial charge in [-0.3, -0.25) is 4.79 Å². The molecule has 0 saturated heterocycles. The van der Waals surface area contributed by atoms with Gasteiger partial charge < -0.3 is 0 Å². The summed E-state index contributed by atoms with van der Waals surface area (Å²) < 4.78 is 0. The quantitative estimate of drug-likeness (QED) is 0.717. The average molecular weight is 244 g/mol. The fourth-order valence-corrected chi connectivity index (χ4v) is 3.03. The molecule has 98 valence electrons. The summed E-state index contributed by atoms with van der Waals surface area (Å²) in [7, 11) is 0. The van der Waals surface area contributed by atoms with Gasteiger partial charge in [0.05, 0.1) is 0 Å². The topological polar surface area (TPSA) is 17.1 Å². The first-order valence-electron chi connectivity index (χ1n) is 7.34. The van der Waals surface area contributed by atoms with Gasteiger partial charge in [0.2, 0.25) is 0 Å². The molecule has 1 aromatic rings. The molecule has 0 N–H and O–H groups in total. The zero-order valence-corrected chi connectivity index (χ0v) is 11.4. The molecule has 1 aliphatic rings. The molecule has 0 bridgehead atoms. The Morgan fingerprint density at radius 2 is 1.94 bits per heavy atom. The monoisotopic (exact) mass is 244 g/mol. The van der Waals surface area contributed by atoms with Crippen LogP contribution in [0.15, 0.2) is 30.3 Å². The first-order chi connectivity index (χ1) is 8.77. The van der Waals surface area contributed by atoms with E-state index >= 15 is 0 Å². The Balaban J connectivity index is 1.86. The van der Waals surface area contributed by atoms with E-state index in [0.29, 0.717) is 17.6 Å². The zero-order valence-electron chi connectivity index (χ0n) is 11.4. The summed E-state index contributed by atoms with van der Waals surface area (Å²) >= 11 is 0. The number of hydrogen-bond acceptors (Lipinski definition) is 1. The molecular formula is C17H24O. The van der Waals surface area contributed by atoms with E-state index in [1.165, 1.54) is 18.4 Å². The van der Waals surface area contributed by atoms with Crippen molar-refractivity contribution in [3.8, 4) is 0 Å². The second-order valence-electron chi connectivity index (χ2n) is 5.67. The summed E-state index contributed by atoms with van der Waals surface area (Å²) in [4.78, 5) is 12.1. The standard InChI is InChI=1S/C17H24O/c1-14(12-13-15-8-4-2-5-9-15)16-10-6-3-7-11-17(16)18/h2,4-5,8-9,14,16H,3,6-7,10-13H2,1H3/t14-,16+/m0/s1. The van der Waals surface area contributed by atoms with Crippen molar-refractivity contribution in [1.82, 2.24) is 0 Å². The Labute approximate surface area is 111 Å². The van der Waals surface area contributed by atoms with Crippen LogP contribution in [0.25, 0.3) is 0 Å². The number of carbonyl (C=O) groups excluding carboxylic acids is 1. The lowest BCUT2D eigenvalue weighted by Gasteiger charge is -2.21. The molecule has 1 nitrogen and oxygen atoms in total. The summed E-state index contributed by atoms with van der Waals surface area (Å²) in [6, 6.07) is 10.6. The van der Waals surface area contributed by atoms with Crippen LogP contribution in [-0.2, 0) is 11.2 Å². The predicted molar refractivity (Wildman–Crippen MR) is 75.5 cm³/mol. The molecule has 0 heterocycles. The molecule has 18 heavy (non-hydrogen) atoms. The van der Waals surface area contributed by atoms with Gasteiger partial charge in [-0.2, -0.15) is 0 Å². The molecule has 0 aromatic heterocycles. The van der Waals surface area contributed by atoms with E-state index < -0.39 is 0 Å². The van der Waals surface area contributed by atoms with Gasteiger partial charge in [0, 0.05) is 12.3 Å². The number of aryl methyl sites for hydroxylation is 1. The predicted octanol–water partition coefficient (Wildman–Crippen LogP) is 4.40. The summed E-state index contributed by atoms with van der Waals surface area (Å²) in [5, 5.41) is 0. The van der Waals surface area contributed by atoms with Crippen LogP contribution >= 0.6 is 0 Å². The van der Waals surface area contributed by atoms with Crippen LogP contribution in [0.2, 0.25) is 0 Å². The fourth-order valence-electron chi connectivity index (χ4n) is 3.03. The van der Waals surface area contributed by atoms with Crippen LogP contribution in [0.1, 0.15) is 51.0 Å². The van der Waals surface area contributed by atoms with Crippen LogP contribution < -0.4 is 0 Å². The molecule has 1 saturated carbocycles. The molecule has 0 amide bonds. The summed E-state index contributed by atoms with van der Waals surface area (Å²) in [6.07, 6.45) is 7.78. The number of carbonyl (C=O) groups is 1. The van der Waals surface area contributed by atoms with Crippen LogP contribution in [0, 0.1) is 11.8 Å².